The maximum absolute atomic E-state index is 12.5. The van der Waals surface area contributed by atoms with Crippen LogP contribution in [0, 0.1) is 11.3 Å². The number of ether oxygens (including phenoxy) is 1. The van der Waals surface area contributed by atoms with Crippen molar-refractivity contribution >= 4 is 45.8 Å². The lowest BCUT2D eigenvalue weighted by Gasteiger charge is -2.19. The summed E-state index contributed by atoms with van der Waals surface area (Å²) in [6.07, 6.45) is 1.49. The lowest BCUT2D eigenvalue weighted by Crippen LogP contribution is -2.35. The fourth-order valence-electron chi connectivity index (χ4n) is 2.86. The van der Waals surface area contributed by atoms with Crippen LogP contribution in [0.25, 0.3) is 17.4 Å². The number of aliphatic imine (C=N–C) groups is 1. The minimum Gasteiger partial charge on any atom is -0.465 e. The first-order chi connectivity index (χ1) is 14.4. The minimum atomic E-state index is -0.501. The molecule has 152 valence electrons. The molecule has 0 bridgehead atoms. The predicted octanol–water partition coefficient (Wildman–Crippen LogP) is 4.01. The lowest BCUT2D eigenvalue weighted by atomic mass is 10.1. The third-order valence-electron chi connectivity index (χ3n) is 4.47. The van der Waals surface area contributed by atoms with Gasteiger partial charge >= 0.3 is 5.97 Å². The van der Waals surface area contributed by atoms with E-state index < -0.39 is 11.9 Å². The van der Waals surface area contributed by atoms with E-state index in [-0.39, 0.29) is 17.3 Å². The Kier molecular flexibility index (Phi) is 5.13. The molecule has 1 aromatic heterocycles. The van der Waals surface area contributed by atoms with E-state index in [0.717, 1.165) is 10.6 Å². The summed E-state index contributed by atoms with van der Waals surface area (Å²) < 4.78 is 10.5. The maximum Gasteiger partial charge on any atom is 0.337 e. The zero-order valence-corrected chi connectivity index (χ0v) is 17.3. The van der Waals surface area contributed by atoms with Crippen molar-refractivity contribution in [1.82, 2.24) is 5.01 Å². The fraction of sp³-hybridized carbons (Fsp3) is 0.190. The topological polar surface area (TPSA) is 108 Å². The normalized spacial score (nSPS) is 17.3. The molecule has 1 amide bonds. The Bertz CT molecular complexity index is 1140. The smallest absolute Gasteiger partial charge is 0.337 e. The molecular weight excluding hydrogens is 404 g/mol. The first-order valence-corrected chi connectivity index (χ1v) is 9.97. The molecule has 0 atom stereocenters. The molecular formula is C21H18N4O4S. The minimum absolute atomic E-state index is 0.0338. The molecule has 9 heteroatoms. The summed E-state index contributed by atoms with van der Waals surface area (Å²) in [6, 6.07) is 10.2. The predicted molar refractivity (Wildman–Crippen MR) is 115 cm³/mol. The van der Waals surface area contributed by atoms with E-state index in [4.69, 9.17) is 14.6 Å². The summed E-state index contributed by atoms with van der Waals surface area (Å²) in [6.45, 7) is 3.99. The lowest BCUT2D eigenvalue weighted by molar-refractivity contribution is -0.114. The second kappa shape index (κ2) is 7.75. The number of thioether (sulfide) groups is 1. The van der Waals surface area contributed by atoms with Crippen LogP contribution in [0.15, 0.2) is 56.5 Å². The quantitative estimate of drug-likeness (QED) is 0.589. The molecule has 0 saturated carbocycles. The molecule has 0 saturated heterocycles. The SMILES string of the molecule is COC(=O)c1ccc(-c2ccc(/C=C3/C(=N)N4N=C(C(C)C)SC4=NC3=O)o2)cc1. The summed E-state index contributed by atoms with van der Waals surface area (Å²) >= 11 is 1.31. The van der Waals surface area contributed by atoms with Gasteiger partial charge in [-0.15, -0.1) is 0 Å². The number of benzene rings is 1. The number of carbonyl (C=O) groups is 2. The number of carbonyl (C=O) groups excluding carboxylic acids is 2. The van der Waals surface area contributed by atoms with Crippen LogP contribution in [0.1, 0.15) is 30.0 Å². The van der Waals surface area contributed by atoms with Crippen molar-refractivity contribution in [1.29, 1.82) is 5.41 Å². The Morgan fingerprint density at radius 2 is 1.97 bits per heavy atom. The Balaban J connectivity index is 1.59. The summed E-state index contributed by atoms with van der Waals surface area (Å²) in [7, 11) is 1.33. The van der Waals surface area contributed by atoms with Crippen molar-refractivity contribution in [3.63, 3.8) is 0 Å². The molecule has 0 radical (unpaired) electrons. The molecule has 4 rings (SSSR count). The highest BCUT2D eigenvalue weighted by Gasteiger charge is 2.36. The highest BCUT2D eigenvalue weighted by Crippen LogP contribution is 2.31. The number of hydrogen-bond acceptors (Lipinski definition) is 7. The van der Waals surface area contributed by atoms with Gasteiger partial charge in [0.25, 0.3) is 5.91 Å². The van der Waals surface area contributed by atoms with Crippen molar-refractivity contribution in [2.75, 3.05) is 7.11 Å². The van der Waals surface area contributed by atoms with E-state index in [1.165, 1.54) is 30.0 Å². The molecule has 1 aromatic carbocycles. The van der Waals surface area contributed by atoms with Crippen molar-refractivity contribution in [3.05, 3.63) is 53.3 Å². The Morgan fingerprint density at radius 1 is 1.23 bits per heavy atom. The van der Waals surface area contributed by atoms with Gasteiger partial charge in [-0.1, -0.05) is 26.0 Å². The number of hydrogen-bond donors (Lipinski definition) is 1. The van der Waals surface area contributed by atoms with E-state index in [0.29, 0.717) is 22.3 Å². The van der Waals surface area contributed by atoms with E-state index in [2.05, 4.69) is 10.1 Å². The summed E-state index contributed by atoms with van der Waals surface area (Å²) in [5.74, 6) is 0.205. The molecule has 2 aromatic rings. The van der Waals surface area contributed by atoms with Gasteiger partial charge in [0.2, 0.25) is 5.17 Å². The summed E-state index contributed by atoms with van der Waals surface area (Å²) in [5.41, 5.74) is 1.31. The van der Waals surface area contributed by atoms with Crippen molar-refractivity contribution < 1.29 is 18.7 Å². The zero-order valence-electron chi connectivity index (χ0n) is 16.5. The van der Waals surface area contributed by atoms with Gasteiger partial charge in [-0.3, -0.25) is 10.2 Å². The average molecular weight is 422 g/mol. The number of amides is 1. The molecule has 3 heterocycles. The van der Waals surface area contributed by atoms with Gasteiger partial charge in [0.05, 0.1) is 18.2 Å². The molecule has 0 spiro atoms. The molecule has 2 aliphatic heterocycles. The molecule has 30 heavy (non-hydrogen) atoms. The van der Waals surface area contributed by atoms with Crippen LogP contribution in [0.3, 0.4) is 0 Å². The Morgan fingerprint density at radius 3 is 2.63 bits per heavy atom. The molecule has 0 unspecified atom stereocenters. The number of furan rings is 1. The number of hydrazone groups is 1. The van der Waals surface area contributed by atoms with E-state index >= 15 is 0 Å². The number of nitrogens with one attached hydrogen (secondary N) is 1. The Hall–Kier alpha value is -3.46. The second-order valence-corrected chi connectivity index (χ2v) is 7.87. The zero-order chi connectivity index (χ0) is 21.4. The second-order valence-electron chi connectivity index (χ2n) is 6.88. The molecule has 2 aliphatic rings. The summed E-state index contributed by atoms with van der Waals surface area (Å²) in [5, 5.41) is 15.4. The third kappa shape index (κ3) is 3.59. The summed E-state index contributed by atoms with van der Waals surface area (Å²) in [4.78, 5) is 28.1. The van der Waals surface area contributed by atoms with Crippen LogP contribution in [0.4, 0.5) is 0 Å². The van der Waals surface area contributed by atoms with Gasteiger partial charge in [0, 0.05) is 11.5 Å². The van der Waals surface area contributed by atoms with Crippen molar-refractivity contribution in [2.24, 2.45) is 16.0 Å². The molecule has 1 N–H and O–H groups in total. The van der Waals surface area contributed by atoms with Gasteiger partial charge in [0.1, 0.15) is 16.6 Å². The van der Waals surface area contributed by atoms with Gasteiger partial charge < -0.3 is 9.15 Å². The van der Waals surface area contributed by atoms with E-state index in [1.807, 2.05) is 13.8 Å². The number of nitrogens with zero attached hydrogens (tertiary/aromatic N) is 3. The highest BCUT2D eigenvalue weighted by atomic mass is 32.2. The van der Waals surface area contributed by atoms with E-state index in [9.17, 15) is 9.59 Å². The molecule has 0 fully saturated rings. The Labute approximate surface area is 176 Å². The van der Waals surface area contributed by atoms with Gasteiger partial charge in [-0.2, -0.15) is 15.1 Å². The number of fused-ring (bicyclic) bond motifs is 1. The molecule has 8 nitrogen and oxygen atoms in total. The van der Waals surface area contributed by atoms with Crippen LogP contribution in [-0.4, -0.2) is 40.0 Å². The maximum atomic E-state index is 12.5. The first-order valence-electron chi connectivity index (χ1n) is 9.16. The van der Waals surface area contributed by atoms with Gasteiger partial charge in [-0.25, -0.2) is 4.79 Å². The first kappa shape index (κ1) is 19.8. The highest BCUT2D eigenvalue weighted by molar-refractivity contribution is 8.27. The van der Waals surface area contributed by atoms with Crippen LogP contribution < -0.4 is 0 Å². The average Bonchev–Trinajstić information content (AvgIpc) is 3.38. The monoisotopic (exact) mass is 422 g/mol. The van der Waals surface area contributed by atoms with Crippen molar-refractivity contribution in [3.8, 4) is 11.3 Å². The number of amidine groups is 2. The number of esters is 1. The fourth-order valence-corrected chi connectivity index (χ4v) is 3.75. The van der Waals surface area contributed by atoms with Crippen LogP contribution >= 0.6 is 11.8 Å². The van der Waals surface area contributed by atoms with Gasteiger partial charge in [-0.05, 0) is 42.1 Å². The van der Waals surface area contributed by atoms with Crippen molar-refractivity contribution in [2.45, 2.75) is 13.8 Å². The number of rotatable bonds is 4. The third-order valence-corrected chi connectivity index (χ3v) is 5.68. The van der Waals surface area contributed by atoms with Crippen LogP contribution in [0.2, 0.25) is 0 Å². The standard InChI is InChI=1S/C21H18N4O4S/c1-11(2)19-24-25-17(22)15(18(26)23-21(25)30-19)10-14-8-9-16(29-14)12-4-6-13(7-5-12)20(27)28-3/h4-11,22H,1-3H3/b15-10-,22-17?. The largest absolute Gasteiger partial charge is 0.465 e. The van der Waals surface area contributed by atoms with Crippen LogP contribution in [-0.2, 0) is 9.53 Å². The number of methoxy groups -OCH3 is 1. The molecule has 0 aliphatic carbocycles. The van der Waals surface area contributed by atoms with Gasteiger partial charge in [0.15, 0.2) is 5.84 Å². The van der Waals surface area contributed by atoms with Crippen LogP contribution in [0.5, 0.6) is 0 Å². The van der Waals surface area contributed by atoms with E-state index in [1.54, 1.807) is 36.4 Å².